The number of alkyl halides is 1. The van der Waals surface area contributed by atoms with Gasteiger partial charge in [0.05, 0.1) is 12.5 Å². The summed E-state index contributed by atoms with van der Waals surface area (Å²) in [7, 11) is 0. The minimum absolute atomic E-state index is 0.359. The Morgan fingerprint density at radius 1 is 1.05 bits per heavy atom. The first-order valence-electron chi connectivity index (χ1n) is 6.05. The van der Waals surface area contributed by atoms with E-state index in [1.165, 1.54) is 0 Å². The number of hydrogen-bond donors (Lipinski definition) is 0. The standard InChI is InChI=1S/C16H14ClNO/c17-11-13-4-3-5-14(10-13)12-19-16-7-2-1-6-15(16)8-9-18/h1-7,10H,8,11-12H2. The van der Waals surface area contributed by atoms with Gasteiger partial charge in [0, 0.05) is 11.4 Å². The Morgan fingerprint density at radius 2 is 1.84 bits per heavy atom. The lowest BCUT2D eigenvalue weighted by molar-refractivity contribution is 0.303. The van der Waals surface area contributed by atoms with Gasteiger partial charge in [-0.25, -0.2) is 0 Å². The molecule has 0 spiro atoms. The molecule has 0 radical (unpaired) electrons. The first-order valence-corrected chi connectivity index (χ1v) is 6.58. The van der Waals surface area contributed by atoms with Crippen LogP contribution >= 0.6 is 11.6 Å². The SMILES string of the molecule is N#CCc1ccccc1OCc1cccc(CCl)c1. The summed E-state index contributed by atoms with van der Waals surface area (Å²) >= 11 is 5.81. The average molecular weight is 272 g/mol. The molecule has 0 saturated heterocycles. The Labute approximate surface area is 118 Å². The Kier molecular flexibility index (Phi) is 4.83. The molecule has 0 atom stereocenters. The summed E-state index contributed by atoms with van der Waals surface area (Å²) in [6.07, 6.45) is 0.359. The molecule has 0 unspecified atom stereocenters. The van der Waals surface area contributed by atoms with Gasteiger partial charge >= 0.3 is 0 Å². The van der Waals surface area contributed by atoms with Gasteiger partial charge in [-0.2, -0.15) is 5.26 Å². The van der Waals surface area contributed by atoms with Crippen LogP contribution in [0, 0.1) is 11.3 Å². The lowest BCUT2D eigenvalue weighted by Gasteiger charge is -2.10. The molecule has 0 heterocycles. The third-order valence-electron chi connectivity index (χ3n) is 2.78. The number of hydrogen-bond acceptors (Lipinski definition) is 2. The molecule has 0 N–H and O–H groups in total. The maximum absolute atomic E-state index is 8.78. The Bertz CT molecular complexity index is 589. The zero-order valence-electron chi connectivity index (χ0n) is 10.5. The van der Waals surface area contributed by atoms with Crippen LogP contribution in [0.4, 0.5) is 0 Å². The molecule has 19 heavy (non-hydrogen) atoms. The zero-order chi connectivity index (χ0) is 13.5. The summed E-state index contributed by atoms with van der Waals surface area (Å²) in [5.41, 5.74) is 3.07. The highest BCUT2D eigenvalue weighted by Crippen LogP contribution is 2.20. The van der Waals surface area contributed by atoms with Gasteiger partial charge in [-0.05, 0) is 17.2 Å². The monoisotopic (exact) mass is 271 g/mol. The number of halogens is 1. The number of nitriles is 1. The normalized spacial score (nSPS) is 9.89. The topological polar surface area (TPSA) is 33.0 Å². The van der Waals surface area contributed by atoms with Gasteiger partial charge in [0.25, 0.3) is 0 Å². The van der Waals surface area contributed by atoms with Crippen molar-refractivity contribution < 1.29 is 4.74 Å². The smallest absolute Gasteiger partial charge is 0.124 e. The quantitative estimate of drug-likeness (QED) is 0.768. The molecule has 0 aliphatic carbocycles. The summed E-state index contributed by atoms with van der Waals surface area (Å²) in [5.74, 6) is 1.26. The van der Waals surface area contributed by atoms with Gasteiger partial charge < -0.3 is 4.74 Å². The number of nitrogens with zero attached hydrogens (tertiary/aromatic N) is 1. The highest BCUT2D eigenvalue weighted by atomic mass is 35.5. The van der Waals surface area contributed by atoms with Crippen LogP contribution in [0.2, 0.25) is 0 Å². The first kappa shape index (κ1) is 13.5. The minimum Gasteiger partial charge on any atom is -0.489 e. The molecule has 2 aromatic rings. The van der Waals surface area contributed by atoms with E-state index in [4.69, 9.17) is 21.6 Å². The molecule has 2 aromatic carbocycles. The fraction of sp³-hybridized carbons (Fsp3) is 0.188. The van der Waals surface area contributed by atoms with Crippen LogP contribution in [0.15, 0.2) is 48.5 Å². The molecule has 0 fully saturated rings. The fourth-order valence-electron chi connectivity index (χ4n) is 1.84. The second-order valence-electron chi connectivity index (χ2n) is 4.18. The zero-order valence-corrected chi connectivity index (χ0v) is 11.2. The highest BCUT2D eigenvalue weighted by molar-refractivity contribution is 6.17. The van der Waals surface area contributed by atoms with E-state index < -0.39 is 0 Å². The van der Waals surface area contributed by atoms with E-state index in [-0.39, 0.29) is 0 Å². The van der Waals surface area contributed by atoms with E-state index in [1.54, 1.807) is 0 Å². The molecular weight excluding hydrogens is 258 g/mol. The predicted molar refractivity (Wildman–Crippen MR) is 76.1 cm³/mol. The number of benzene rings is 2. The van der Waals surface area contributed by atoms with E-state index in [1.807, 2.05) is 48.5 Å². The van der Waals surface area contributed by atoms with Crippen LogP contribution in [0.5, 0.6) is 5.75 Å². The second-order valence-corrected chi connectivity index (χ2v) is 4.45. The summed E-state index contributed by atoms with van der Waals surface area (Å²) in [6.45, 7) is 0.479. The Hall–Kier alpha value is -1.98. The largest absolute Gasteiger partial charge is 0.489 e. The molecule has 0 aliphatic rings. The molecule has 2 rings (SSSR count). The minimum atomic E-state index is 0.359. The molecule has 0 amide bonds. The van der Waals surface area contributed by atoms with Crippen molar-refractivity contribution in [1.29, 1.82) is 5.26 Å². The molecular formula is C16H14ClNO. The molecule has 96 valence electrons. The van der Waals surface area contributed by atoms with Crippen LogP contribution in [0.3, 0.4) is 0 Å². The maximum Gasteiger partial charge on any atom is 0.124 e. The van der Waals surface area contributed by atoms with E-state index in [0.717, 1.165) is 22.4 Å². The summed E-state index contributed by atoms with van der Waals surface area (Å²) in [6, 6.07) is 17.7. The second kappa shape index (κ2) is 6.82. The van der Waals surface area contributed by atoms with Gasteiger partial charge in [-0.1, -0.05) is 42.5 Å². The molecule has 0 bridgehead atoms. The molecule has 2 nitrogen and oxygen atoms in total. The molecule has 0 saturated carbocycles. The number of ether oxygens (including phenoxy) is 1. The van der Waals surface area contributed by atoms with Crippen molar-refractivity contribution in [2.75, 3.05) is 0 Å². The Morgan fingerprint density at radius 3 is 2.63 bits per heavy atom. The van der Waals surface area contributed by atoms with Gasteiger partial charge in [0.1, 0.15) is 12.4 Å². The van der Waals surface area contributed by atoms with Crippen molar-refractivity contribution in [2.45, 2.75) is 18.9 Å². The van der Waals surface area contributed by atoms with E-state index >= 15 is 0 Å². The van der Waals surface area contributed by atoms with E-state index in [0.29, 0.717) is 18.9 Å². The van der Waals surface area contributed by atoms with E-state index in [9.17, 15) is 0 Å². The number of para-hydroxylation sites is 1. The van der Waals surface area contributed by atoms with E-state index in [2.05, 4.69) is 6.07 Å². The van der Waals surface area contributed by atoms with Crippen LogP contribution in [0.25, 0.3) is 0 Å². The lowest BCUT2D eigenvalue weighted by atomic mass is 10.1. The van der Waals surface area contributed by atoms with Crippen molar-refractivity contribution >= 4 is 11.6 Å². The Balaban J connectivity index is 2.08. The van der Waals surface area contributed by atoms with Gasteiger partial charge in [-0.15, -0.1) is 11.6 Å². The van der Waals surface area contributed by atoms with Crippen molar-refractivity contribution in [3.05, 3.63) is 65.2 Å². The third kappa shape index (κ3) is 3.74. The maximum atomic E-state index is 8.78. The van der Waals surface area contributed by atoms with Crippen molar-refractivity contribution in [1.82, 2.24) is 0 Å². The summed E-state index contributed by atoms with van der Waals surface area (Å²) in [5, 5.41) is 8.78. The van der Waals surface area contributed by atoms with Crippen molar-refractivity contribution in [3.8, 4) is 11.8 Å². The average Bonchev–Trinajstić information content (AvgIpc) is 2.47. The molecule has 0 aromatic heterocycles. The molecule has 0 aliphatic heterocycles. The van der Waals surface area contributed by atoms with Crippen LogP contribution < -0.4 is 4.74 Å². The van der Waals surface area contributed by atoms with Crippen molar-refractivity contribution in [2.24, 2.45) is 0 Å². The van der Waals surface area contributed by atoms with Crippen LogP contribution in [-0.4, -0.2) is 0 Å². The lowest BCUT2D eigenvalue weighted by Crippen LogP contribution is -1.98. The first-order chi connectivity index (χ1) is 9.33. The van der Waals surface area contributed by atoms with Crippen LogP contribution in [0.1, 0.15) is 16.7 Å². The van der Waals surface area contributed by atoms with Gasteiger partial charge in [-0.3, -0.25) is 0 Å². The summed E-state index contributed by atoms with van der Waals surface area (Å²) < 4.78 is 5.78. The third-order valence-corrected chi connectivity index (χ3v) is 3.09. The summed E-state index contributed by atoms with van der Waals surface area (Å²) in [4.78, 5) is 0. The number of rotatable bonds is 5. The van der Waals surface area contributed by atoms with Crippen molar-refractivity contribution in [3.63, 3.8) is 0 Å². The predicted octanol–water partition coefficient (Wildman–Crippen LogP) is 4.07. The van der Waals surface area contributed by atoms with Crippen LogP contribution in [-0.2, 0) is 18.9 Å². The van der Waals surface area contributed by atoms with Gasteiger partial charge in [0.2, 0.25) is 0 Å². The fourth-order valence-corrected chi connectivity index (χ4v) is 2.01. The van der Waals surface area contributed by atoms with Gasteiger partial charge in [0.15, 0.2) is 0 Å². The highest BCUT2D eigenvalue weighted by Gasteiger charge is 2.03. The molecule has 3 heteroatoms.